The minimum Gasteiger partial charge on any atom is -0.334 e. The maximum Gasteiger partial charge on any atom is 0.321 e. The third-order valence-corrected chi connectivity index (χ3v) is 6.26. The highest BCUT2D eigenvalue weighted by molar-refractivity contribution is 7.90. The number of carbonyl (C=O) groups is 1. The van der Waals surface area contributed by atoms with Crippen molar-refractivity contribution in [2.75, 3.05) is 5.32 Å². The lowest BCUT2D eigenvalue weighted by molar-refractivity contribution is 0.251. The molecule has 0 atom stereocenters. The molecular weight excluding hydrogens is 401 g/mol. The number of nitrogens with one attached hydrogen (secondary N) is 2. The Labute approximate surface area is 166 Å². The van der Waals surface area contributed by atoms with E-state index >= 15 is 0 Å². The van der Waals surface area contributed by atoms with E-state index in [-0.39, 0.29) is 28.1 Å². The lowest BCUT2D eigenvalue weighted by Crippen LogP contribution is -2.28. The number of anilines is 1. The molecular formula is C19H18FN3O3S2. The molecule has 0 saturated heterocycles. The van der Waals surface area contributed by atoms with Gasteiger partial charge in [0, 0.05) is 11.9 Å². The minimum atomic E-state index is -3.52. The molecule has 1 heterocycles. The summed E-state index contributed by atoms with van der Waals surface area (Å²) in [5.41, 5.74) is 1.84. The third-order valence-electron chi connectivity index (χ3n) is 3.80. The van der Waals surface area contributed by atoms with Gasteiger partial charge in [-0.1, -0.05) is 24.3 Å². The van der Waals surface area contributed by atoms with Gasteiger partial charge in [0.15, 0.2) is 15.0 Å². The molecule has 1 aromatic heterocycles. The van der Waals surface area contributed by atoms with E-state index in [4.69, 9.17) is 0 Å². The molecule has 0 saturated carbocycles. The molecule has 2 amide bonds. The maximum atomic E-state index is 13.1. The Balaban J connectivity index is 1.58. The third kappa shape index (κ3) is 5.37. The maximum absolute atomic E-state index is 13.1. The molecule has 0 aliphatic rings. The fourth-order valence-corrected chi connectivity index (χ4v) is 4.65. The van der Waals surface area contributed by atoms with Crippen LogP contribution in [0, 0.1) is 12.7 Å². The lowest BCUT2D eigenvalue weighted by atomic mass is 10.2. The van der Waals surface area contributed by atoms with Gasteiger partial charge >= 0.3 is 6.03 Å². The Hall–Kier alpha value is -2.78. The quantitative estimate of drug-likeness (QED) is 0.635. The van der Waals surface area contributed by atoms with Crippen LogP contribution in [0.15, 0.2) is 58.8 Å². The first-order valence-electron chi connectivity index (χ1n) is 8.35. The first-order valence-corrected chi connectivity index (χ1v) is 10.9. The van der Waals surface area contributed by atoms with Gasteiger partial charge < -0.3 is 5.32 Å². The van der Waals surface area contributed by atoms with Crippen molar-refractivity contribution in [3.63, 3.8) is 0 Å². The fourth-order valence-electron chi connectivity index (χ4n) is 2.49. The molecule has 0 fully saturated rings. The van der Waals surface area contributed by atoms with Crippen LogP contribution in [0.5, 0.6) is 0 Å². The standard InChI is InChI=1S/C19H18FN3O3S2/c1-13-4-2-7-17(8-13)28(25,26)12-16-11-27-19(22-16)23-18(24)21-10-14-5-3-6-15(20)9-14/h2-9,11H,10,12H2,1H3,(H2,21,22,23,24). The number of hydrogen-bond donors (Lipinski definition) is 2. The number of carbonyl (C=O) groups excluding carboxylic acids is 1. The van der Waals surface area contributed by atoms with Crippen LogP contribution < -0.4 is 10.6 Å². The van der Waals surface area contributed by atoms with Crippen molar-refractivity contribution < 1.29 is 17.6 Å². The van der Waals surface area contributed by atoms with Gasteiger partial charge in [-0.15, -0.1) is 11.3 Å². The van der Waals surface area contributed by atoms with E-state index in [0.29, 0.717) is 11.3 Å². The van der Waals surface area contributed by atoms with Crippen molar-refractivity contribution in [3.05, 3.63) is 76.5 Å². The van der Waals surface area contributed by atoms with Gasteiger partial charge in [-0.25, -0.2) is 22.6 Å². The number of nitrogens with zero attached hydrogens (tertiary/aromatic N) is 1. The summed E-state index contributed by atoms with van der Waals surface area (Å²) in [6.07, 6.45) is 0. The summed E-state index contributed by atoms with van der Waals surface area (Å²) < 4.78 is 38.1. The highest BCUT2D eigenvalue weighted by atomic mass is 32.2. The van der Waals surface area contributed by atoms with Crippen LogP contribution in [-0.4, -0.2) is 19.4 Å². The molecule has 3 aromatic rings. The summed E-state index contributed by atoms with van der Waals surface area (Å²) in [7, 11) is -3.52. The number of urea groups is 1. The number of sulfone groups is 1. The smallest absolute Gasteiger partial charge is 0.321 e. The molecule has 0 aliphatic carbocycles. The number of thiazole rings is 1. The topological polar surface area (TPSA) is 88.2 Å². The monoisotopic (exact) mass is 419 g/mol. The van der Waals surface area contributed by atoms with Gasteiger partial charge in [0.2, 0.25) is 0 Å². The molecule has 0 radical (unpaired) electrons. The first kappa shape index (κ1) is 20.0. The van der Waals surface area contributed by atoms with Crippen LogP contribution in [-0.2, 0) is 22.1 Å². The SMILES string of the molecule is Cc1cccc(S(=O)(=O)Cc2csc(NC(=O)NCc3cccc(F)c3)n2)c1. The molecule has 0 bridgehead atoms. The van der Waals surface area contributed by atoms with Crippen LogP contribution in [0.1, 0.15) is 16.8 Å². The van der Waals surface area contributed by atoms with E-state index in [2.05, 4.69) is 15.6 Å². The zero-order chi connectivity index (χ0) is 20.1. The van der Waals surface area contributed by atoms with Crippen molar-refractivity contribution in [2.24, 2.45) is 0 Å². The Kier molecular flexibility index (Phi) is 6.05. The number of benzene rings is 2. The van der Waals surface area contributed by atoms with Crippen LogP contribution in [0.2, 0.25) is 0 Å². The van der Waals surface area contributed by atoms with Crippen molar-refractivity contribution in [1.82, 2.24) is 10.3 Å². The summed E-state index contributed by atoms with van der Waals surface area (Å²) >= 11 is 1.13. The molecule has 9 heteroatoms. The predicted molar refractivity (Wildman–Crippen MR) is 106 cm³/mol. The minimum absolute atomic E-state index is 0.156. The van der Waals surface area contributed by atoms with Crippen molar-refractivity contribution in [1.29, 1.82) is 0 Å². The highest BCUT2D eigenvalue weighted by Gasteiger charge is 2.18. The zero-order valence-electron chi connectivity index (χ0n) is 15.0. The second kappa shape index (κ2) is 8.49. The Morgan fingerprint density at radius 2 is 1.96 bits per heavy atom. The summed E-state index contributed by atoms with van der Waals surface area (Å²) in [6.45, 7) is 1.98. The van der Waals surface area contributed by atoms with E-state index < -0.39 is 15.9 Å². The van der Waals surface area contributed by atoms with Crippen LogP contribution in [0.3, 0.4) is 0 Å². The molecule has 6 nitrogen and oxygen atoms in total. The fraction of sp³-hybridized carbons (Fsp3) is 0.158. The van der Waals surface area contributed by atoms with E-state index in [1.165, 1.54) is 12.1 Å². The number of aromatic nitrogens is 1. The first-order chi connectivity index (χ1) is 13.3. The van der Waals surface area contributed by atoms with Gasteiger partial charge in [0.25, 0.3) is 0 Å². The van der Waals surface area contributed by atoms with Crippen LogP contribution >= 0.6 is 11.3 Å². The Morgan fingerprint density at radius 3 is 2.71 bits per heavy atom. The van der Waals surface area contributed by atoms with Crippen LogP contribution in [0.25, 0.3) is 0 Å². The predicted octanol–water partition coefficient (Wildman–Crippen LogP) is 3.89. The molecule has 3 rings (SSSR count). The van der Waals surface area contributed by atoms with E-state index in [1.54, 1.807) is 35.7 Å². The van der Waals surface area contributed by atoms with E-state index in [0.717, 1.165) is 16.9 Å². The number of amides is 2. The van der Waals surface area contributed by atoms with Crippen molar-refractivity contribution in [3.8, 4) is 0 Å². The largest absolute Gasteiger partial charge is 0.334 e. The van der Waals surface area contributed by atoms with E-state index in [9.17, 15) is 17.6 Å². The number of aryl methyl sites for hydroxylation is 1. The summed E-state index contributed by atoms with van der Waals surface area (Å²) in [6, 6.07) is 12.1. The molecule has 146 valence electrons. The average Bonchev–Trinajstić information content (AvgIpc) is 3.06. The summed E-state index contributed by atoms with van der Waals surface area (Å²) in [5.74, 6) is -0.626. The molecule has 0 spiro atoms. The second-order valence-electron chi connectivity index (χ2n) is 6.16. The Morgan fingerprint density at radius 1 is 1.18 bits per heavy atom. The van der Waals surface area contributed by atoms with E-state index in [1.807, 2.05) is 13.0 Å². The van der Waals surface area contributed by atoms with Gasteiger partial charge in [0.05, 0.1) is 16.3 Å². The van der Waals surface area contributed by atoms with Gasteiger partial charge in [-0.3, -0.25) is 5.32 Å². The number of halogens is 1. The van der Waals surface area contributed by atoms with Crippen molar-refractivity contribution >= 4 is 32.3 Å². The molecule has 28 heavy (non-hydrogen) atoms. The average molecular weight is 420 g/mol. The normalized spacial score (nSPS) is 11.2. The van der Waals surface area contributed by atoms with Crippen molar-refractivity contribution in [2.45, 2.75) is 24.1 Å². The van der Waals surface area contributed by atoms with Gasteiger partial charge in [0.1, 0.15) is 5.82 Å². The molecule has 2 N–H and O–H groups in total. The molecule has 0 aliphatic heterocycles. The van der Waals surface area contributed by atoms with Crippen LogP contribution in [0.4, 0.5) is 14.3 Å². The second-order valence-corrected chi connectivity index (χ2v) is 9.00. The summed E-state index contributed by atoms with van der Waals surface area (Å²) in [5, 5.41) is 7.02. The lowest BCUT2D eigenvalue weighted by Gasteiger charge is -2.06. The molecule has 2 aromatic carbocycles. The molecule has 0 unspecified atom stereocenters. The number of hydrogen-bond acceptors (Lipinski definition) is 5. The Bertz CT molecular complexity index is 1100. The summed E-state index contributed by atoms with van der Waals surface area (Å²) in [4.78, 5) is 16.4. The van der Waals surface area contributed by atoms with Gasteiger partial charge in [-0.05, 0) is 42.3 Å². The highest BCUT2D eigenvalue weighted by Crippen LogP contribution is 2.21. The number of rotatable bonds is 6. The zero-order valence-corrected chi connectivity index (χ0v) is 16.6. The van der Waals surface area contributed by atoms with Gasteiger partial charge in [-0.2, -0.15) is 0 Å².